The van der Waals surface area contributed by atoms with Crippen LogP contribution in [0.5, 0.6) is 5.75 Å². The largest absolute Gasteiger partial charge is 0.483 e. The molecule has 1 saturated carbocycles. The van der Waals surface area contributed by atoms with Gasteiger partial charge in [-0.3, -0.25) is 24.0 Å². The summed E-state index contributed by atoms with van der Waals surface area (Å²) in [5.41, 5.74) is 1.23. The summed E-state index contributed by atoms with van der Waals surface area (Å²) in [5.74, 6) is -2.60. The normalized spacial score (nSPS) is 18.3. The molecule has 258 valence electrons. The Hall–Kier alpha value is -4.95. The summed E-state index contributed by atoms with van der Waals surface area (Å²) in [6.45, 7) is 4.75. The molecule has 5 rings (SSSR count). The van der Waals surface area contributed by atoms with Crippen LogP contribution in [-0.4, -0.2) is 125 Å². The lowest BCUT2D eigenvalue weighted by molar-refractivity contribution is -0.140. The Kier molecular flexibility index (Phi) is 11.0. The molecule has 2 atom stereocenters. The molecule has 3 aliphatic rings. The molecule has 2 saturated heterocycles. The molecule has 0 unspecified atom stereocenters. The van der Waals surface area contributed by atoms with Gasteiger partial charge in [0, 0.05) is 56.6 Å². The number of nitrogens with one attached hydrogen (secondary N) is 2. The highest BCUT2D eigenvalue weighted by Gasteiger charge is 2.37. The highest BCUT2D eigenvalue weighted by Crippen LogP contribution is 2.28. The Labute approximate surface area is 277 Å². The zero-order valence-corrected chi connectivity index (χ0v) is 27.2. The third kappa shape index (κ3) is 8.49. The van der Waals surface area contributed by atoms with Crippen molar-refractivity contribution in [3.8, 4) is 5.75 Å². The van der Waals surface area contributed by atoms with E-state index in [0.29, 0.717) is 30.3 Å². The van der Waals surface area contributed by atoms with Crippen LogP contribution >= 0.6 is 0 Å². The number of amides is 5. The summed E-state index contributed by atoms with van der Waals surface area (Å²) in [6, 6.07) is 5.21. The van der Waals surface area contributed by atoms with E-state index >= 15 is 0 Å². The fourth-order valence-corrected chi connectivity index (χ4v) is 5.93. The first-order chi connectivity index (χ1) is 23.0. The predicted octanol–water partition coefficient (Wildman–Crippen LogP) is 1.46. The Bertz CT molecular complexity index is 1570. The van der Waals surface area contributed by atoms with Crippen LogP contribution in [0.2, 0.25) is 0 Å². The van der Waals surface area contributed by atoms with Crippen LogP contribution in [0.3, 0.4) is 0 Å². The van der Waals surface area contributed by atoms with Crippen molar-refractivity contribution < 1.29 is 43.3 Å². The van der Waals surface area contributed by atoms with E-state index in [-0.39, 0.29) is 81.5 Å². The molecule has 2 aromatic rings. The minimum atomic E-state index is -1.17. The summed E-state index contributed by atoms with van der Waals surface area (Å²) in [5, 5.41) is 15.5. The average molecular weight is 667 g/mol. The van der Waals surface area contributed by atoms with Gasteiger partial charge in [0.2, 0.25) is 11.8 Å². The number of ether oxygens (including phenoxy) is 2. The minimum Gasteiger partial charge on any atom is -0.483 e. The highest BCUT2D eigenvalue weighted by atomic mass is 16.6. The highest BCUT2D eigenvalue weighted by molar-refractivity contribution is 5.99. The standard InChI is InChI=1S/C33H42N6O9/c1-3-47-33(46)38-15-13-37(14-16-38)32(45)24(10-11-29(41)42)36-30(43)25-18-27(22-17-20(2)6-9-23(22)35-25)48-19-28(40)39-12-4-5-26(39)31(44)34-21-7-8-21/h6,9,17-18,21,24,26H,3-5,7-8,10-16,19H2,1-2H3,(H,34,44)(H,36,43)(H,41,42)/t24-,26-/m0/s1. The molecule has 2 aliphatic heterocycles. The molecule has 15 heteroatoms. The SMILES string of the molecule is CCOC(=O)N1CCN(C(=O)[C@H](CCC(=O)O)NC(=O)c2cc(OCC(=O)N3CCC[C@H]3C(=O)NC3CC3)c3cc(C)ccc3n2)CC1. The maximum absolute atomic E-state index is 13.6. The van der Waals surface area contributed by atoms with E-state index in [1.807, 2.05) is 19.1 Å². The van der Waals surface area contributed by atoms with Crippen LogP contribution in [0.4, 0.5) is 4.79 Å². The molecule has 1 aliphatic carbocycles. The van der Waals surface area contributed by atoms with Crippen LogP contribution in [0.25, 0.3) is 10.9 Å². The van der Waals surface area contributed by atoms with Crippen LogP contribution in [0.1, 0.15) is 61.5 Å². The van der Waals surface area contributed by atoms with Gasteiger partial charge in [-0.2, -0.15) is 0 Å². The molecule has 1 aromatic heterocycles. The smallest absolute Gasteiger partial charge is 0.409 e. The fraction of sp³-hybridized carbons (Fsp3) is 0.545. The third-order valence-electron chi connectivity index (χ3n) is 8.68. The number of carbonyl (C=O) groups excluding carboxylic acids is 5. The van der Waals surface area contributed by atoms with Gasteiger partial charge in [-0.1, -0.05) is 11.6 Å². The van der Waals surface area contributed by atoms with E-state index in [1.165, 1.54) is 20.8 Å². The molecule has 48 heavy (non-hydrogen) atoms. The molecule has 1 aromatic carbocycles. The van der Waals surface area contributed by atoms with Gasteiger partial charge >= 0.3 is 12.1 Å². The number of hydrogen-bond acceptors (Lipinski definition) is 9. The number of piperazine rings is 1. The van der Waals surface area contributed by atoms with E-state index in [2.05, 4.69) is 15.6 Å². The number of fused-ring (bicyclic) bond motifs is 1. The number of aromatic nitrogens is 1. The summed E-state index contributed by atoms with van der Waals surface area (Å²) in [4.78, 5) is 85.5. The molecular formula is C33H42N6O9. The number of hydrogen-bond donors (Lipinski definition) is 3. The molecule has 15 nitrogen and oxygen atoms in total. The molecule has 3 N–H and O–H groups in total. The number of aryl methyl sites for hydroxylation is 1. The molecule has 0 radical (unpaired) electrons. The average Bonchev–Trinajstić information content (AvgIpc) is 3.75. The monoisotopic (exact) mass is 666 g/mol. The number of nitrogens with zero attached hydrogens (tertiary/aromatic N) is 4. The van der Waals surface area contributed by atoms with Gasteiger partial charge in [-0.05, 0) is 58.1 Å². The van der Waals surface area contributed by atoms with E-state index in [9.17, 15) is 33.9 Å². The minimum absolute atomic E-state index is 0.0862. The van der Waals surface area contributed by atoms with Gasteiger partial charge in [-0.25, -0.2) is 9.78 Å². The topological polar surface area (TPSA) is 188 Å². The van der Waals surface area contributed by atoms with E-state index < -0.39 is 36.0 Å². The molecule has 3 heterocycles. The van der Waals surface area contributed by atoms with Crippen molar-refractivity contribution in [1.29, 1.82) is 0 Å². The van der Waals surface area contributed by atoms with Crippen molar-refractivity contribution in [2.45, 2.75) is 70.5 Å². The van der Waals surface area contributed by atoms with E-state index in [4.69, 9.17) is 9.47 Å². The van der Waals surface area contributed by atoms with Crippen molar-refractivity contribution in [2.75, 3.05) is 45.9 Å². The summed E-state index contributed by atoms with van der Waals surface area (Å²) < 4.78 is 11.0. The second-order valence-electron chi connectivity index (χ2n) is 12.3. The first-order valence-electron chi connectivity index (χ1n) is 16.4. The Balaban J connectivity index is 1.30. The number of rotatable bonds is 12. The second kappa shape index (κ2) is 15.3. The van der Waals surface area contributed by atoms with Crippen molar-refractivity contribution in [3.63, 3.8) is 0 Å². The number of carbonyl (C=O) groups is 6. The quantitative estimate of drug-likeness (QED) is 0.299. The zero-order chi connectivity index (χ0) is 34.4. The molecular weight excluding hydrogens is 624 g/mol. The Morgan fingerprint density at radius 3 is 2.42 bits per heavy atom. The van der Waals surface area contributed by atoms with Gasteiger partial charge < -0.3 is 39.9 Å². The van der Waals surface area contributed by atoms with Gasteiger partial charge in [0.05, 0.1) is 12.1 Å². The number of carboxylic acid groups (broad SMARTS) is 1. The number of benzene rings is 1. The predicted molar refractivity (Wildman–Crippen MR) is 171 cm³/mol. The van der Waals surface area contributed by atoms with E-state index in [1.54, 1.807) is 13.0 Å². The van der Waals surface area contributed by atoms with E-state index in [0.717, 1.165) is 18.4 Å². The summed E-state index contributed by atoms with van der Waals surface area (Å²) in [7, 11) is 0. The number of aliphatic carboxylic acids is 1. The molecule has 0 bridgehead atoms. The third-order valence-corrected chi connectivity index (χ3v) is 8.68. The first kappa shape index (κ1) is 34.4. The molecule has 3 fully saturated rings. The molecule has 0 spiro atoms. The maximum Gasteiger partial charge on any atom is 0.409 e. The van der Waals surface area contributed by atoms with Crippen molar-refractivity contribution in [1.82, 2.24) is 30.3 Å². The Morgan fingerprint density at radius 1 is 1.00 bits per heavy atom. The lowest BCUT2D eigenvalue weighted by Gasteiger charge is -2.35. The number of carboxylic acids is 1. The Morgan fingerprint density at radius 2 is 1.73 bits per heavy atom. The van der Waals surface area contributed by atoms with Crippen LogP contribution < -0.4 is 15.4 Å². The van der Waals surface area contributed by atoms with Crippen LogP contribution in [0, 0.1) is 6.92 Å². The maximum atomic E-state index is 13.6. The lowest BCUT2D eigenvalue weighted by atomic mass is 10.1. The van der Waals surface area contributed by atoms with Crippen LogP contribution in [-0.2, 0) is 23.9 Å². The van der Waals surface area contributed by atoms with Crippen molar-refractivity contribution >= 4 is 46.6 Å². The number of pyridine rings is 1. The van der Waals surface area contributed by atoms with Crippen LogP contribution in [0.15, 0.2) is 24.3 Å². The lowest BCUT2D eigenvalue weighted by Crippen LogP contribution is -2.56. The van der Waals surface area contributed by atoms with Gasteiger partial charge in [0.25, 0.3) is 11.8 Å². The zero-order valence-electron chi connectivity index (χ0n) is 27.2. The number of likely N-dealkylation sites (tertiary alicyclic amines) is 1. The fourth-order valence-electron chi connectivity index (χ4n) is 5.93. The van der Waals surface area contributed by atoms with Gasteiger partial charge in [0.1, 0.15) is 23.5 Å². The first-order valence-corrected chi connectivity index (χ1v) is 16.4. The summed E-state index contributed by atoms with van der Waals surface area (Å²) >= 11 is 0. The summed E-state index contributed by atoms with van der Waals surface area (Å²) in [6.07, 6.45) is 2.18. The van der Waals surface area contributed by atoms with Crippen molar-refractivity contribution in [3.05, 3.63) is 35.5 Å². The van der Waals surface area contributed by atoms with Crippen molar-refractivity contribution in [2.24, 2.45) is 0 Å². The second-order valence-corrected chi connectivity index (χ2v) is 12.3. The van der Waals surface area contributed by atoms with Gasteiger partial charge in [-0.15, -0.1) is 0 Å². The van der Waals surface area contributed by atoms with Gasteiger partial charge in [0.15, 0.2) is 6.61 Å². The molecule has 5 amide bonds.